The highest BCUT2D eigenvalue weighted by atomic mass is 16.5. The lowest BCUT2D eigenvalue weighted by molar-refractivity contribution is -0.132. The molecule has 5 nitrogen and oxygen atoms in total. The van der Waals surface area contributed by atoms with Crippen molar-refractivity contribution in [2.24, 2.45) is 0 Å². The molecule has 2 unspecified atom stereocenters. The lowest BCUT2D eigenvalue weighted by Gasteiger charge is -2.28. The molecule has 5 heteroatoms. The molecule has 0 aromatic heterocycles. The van der Waals surface area contributed by atoms with Gasteiger partial charge in [0.2, 0.25) is 5.91 Å². The molecule has 90 valence electrons. The molecule has 1 amide bonds. The third kappa shape index (κ3) is 3.80. The summed E-state index contributed by atoms with van der Waals surface area (Å²) in [6, 6.07) is 2.16. The van der Waals surface area contributed by atoms with Crippen molar-refractivity contribution in [2.75, 3.05) is 26.8 Å². The van der Waals surface area contributed by atoms with E-state index in [1.165, 1.54) is 0 Å². The first-order chi connectivity index (χ1) is 7.65. The predicted octanol–water partition coefficient (Wildman–Crippen LogP) is 0.125. The average Bonchev–Trinajstić information content (AvgIpc) is 2.29. The molecule has 1 saturated heterocycles. The van der Waals surface area contributed by atoms with Crippen molar-refractivity contribution in [1.82, 2.24) is 10.2 Å². The smallest absolute Gasteiger partial charge is 0.224 e. The molecule has 1 N–H and O–H groups in total. The molecule has 0 radical (unpaired) electrons. The van der Waals surface area contributed by atoms with Crippen LogP contribution in [-0.4, -0.2) is 49.7 Å². The SMILES string of the molecule is CC(CC#N)N(C)C(=O)CC1COCCN1. The van der Waals surface area contributed by atoms with Gasteiger partial charge in [-0.3, -0.25) is 4.79 Å². The van der Waals surface area contributed by atoms with E-state index >= 15 is 0 Å². The summed E-state index contributed by atoms with van der Waals surface area (Å²) in [5, 5.41) is 11.8. The first kappa shape index (κ1) is 12.9. The topological polar surface area (TPSA) is 65.4 Å². The maximum absolute atomic E-state index is 11.8. The van der Waals surface area contributed by atoms with Crippen LogP contribution < -0.4 is 5.32 Å². The van der Waals surface area contributed by atoms with Crippen LogP contribution in [0.5, 0.6) is 0 Å². The Labute approximate surface area is 96.4 Å². The van der Waals surface area contributed by atoms with Gasteiger partial charge in [0, 0.05) is 32.1 Å². The van der Waals surface area contributed by atoms with E-state index in [1.54, 1.807) is 11.9 Å². The van der Waals surface area contributed by atoms with Gasteiger partial charge in [-0.2, -0.15) is 5.26 Å². The van der Waals surface area contributed by atoms with E-state index in [1.807, 2.05) is 6.92 Å². The summed E-state index contributed by atoms with van der Waals surface area (Å²) in [6.45, 7) is 3.99. The third-order valence-corrected chi connectivity index (χ3v) is 2.86. The zero-order valence-electron chi connectivity index (χ0n) is 9.90. The number of hydrogen-bond acceptors (Lipinski definition) is 4. The number of nitriles is 1. The summed E-state index contributed by atoms with van der Waals surface area (Å²) < 4.78 is 5.29. The van der Waals surface area contributed by atoms with Crippen LogP contribution in [0.3, 0.4) is 0 Å². The van der Waals surface area contributed by atoms with E-state index in [4.69, 9.17) is 10.00 Å². The average molecular weight is 225 g/mol. The molecule has 0 bridgehead atoms. The van der Waals surface area contributed by atoms with E-state index < -0.39 is 0 Å². The first-order valence-corrected chi connectivity index (χ1v) is 5.59. The van der Waals surface area contributed by atoms with Gasteiger partial charge < -0.3 is 15.0 Å². The molecule has 0 aromatic rings. The standard InChI is InChI=1S/C11H19N3O2/c1-9(3-4-12)14(2)11(15)7-10-8-16-6-5-13-10/h9-10,13H,3,5-8H2,1-2H3. The largest absolute Gasteiger partial charge is 0.378 e. The molecule has 16 heavy (non-hydrogen) atoms. The van der Waals surface area contributed by atoms with Crippen molar-refractivity contribution in [3.63, 3.8) is 0 Å². The van der Waals surface area contributed by atoms with E-state index in [0.29, 0.717) is 26.1 Å². The minimum Gasteiger partial charge on any atom is -0.378 e. The number of nitrogens with zero attached hydrogens (tertiary/aromatic N) is 2. The van der Waals surface area contributed by atoms with Gasteiger partial charge >= 0.3 is 0 Å². The molecule has 1 aliphatic rings. The monoisotopic (exact) mass is 225 g/mol. The number of morpholine rings is 1. The van der Waals surface area contributed by atoms with Gasteiger partial charge in [0.1, 0.15) is 0 Å². The van der Waals surface area contributed by atoms with Gasteiger partial charge in [-0.1, -0.05) is 0 Å². The molecule has 0 aliphatic carbocycles. The second-order valence-corrected chi connectivity index (χ2v) is 4.15. The fraction of sp³-hybridized carbons (Fsp3) is 0.818. The van der Waals surface area contributed by atoms with Gasteiger partial charge in [0.05, 0.1) is 25.7 Å². The molecule has 1 rings (SSSR count). The fourth-order valence-electron chi connectivity index (χ4n) is 1.62. The molecule has 0 spiro atoms. The highest BCUT2D eigenvalue weighted by Crippen LogP contribution is 2.06. The van der Waals surface area contributed by atoms with E-state index in [-0.39, 0.29) is 18.0 Å². The van der Waals surface area contributed by atoms with E-state index in [0.717, 1.165) is 6.54 Å². The molecule has 0 saturated carbocycles. The van der Waals surface area contributed by atoms with Gasteiger partial charge in [0.15, 0.2) is 0 Å². The molecule has 1 heterocycles. The summed E-state index contributed by atoms with van der Waals surface area (Å²) >= 11 is 0. The Hall–Kier alpha value is -1.12. The molecule has 2 atom stereocenters. The number of rotatable bonds is 4. The van der Waals surface area contributed by atoms with Crippen LogP contribution in [0.2, 0.25) is 0 Å². The number of hydrogen-bond donors (Lipinski definition) is 1. The van der Waals surface area contributed by atoms with Gasteiger partial charge in [-0.15, -0.1) is 0 Å². The van der Waals surface area contributed by atoms with Crippen LogP contribution in [0.25, 0.3) is 0 Å². The van der Waals surface area contributed by atoms with Gasteiger partial charge in [0.25, 0.3) is 0 Å². The number of nitrogens with one attached hydrogen (secondary N) is 1. The van der Waals surface area contributed by atoms with E-state index in [9.17, 15) is 4.79 Å². The number of carbonyl (C=O) groups excluding carboxylic acids is 1. The Morgan fingerprint density at radius 3 is 3.06 bits per heavy atom. The van der Waals surface area contributed by atoms with Crippen LogP contribution in [0.1, 0.15) is 19.8 Å². The summed E-state index contributed by atoms with van der Waals surface area (Å²) in [4.78, 5) is 13.5. The third-order valence-electron chi connectivity index (χ3n) is 2.86. The predicted molar refractivity (Wildman–Crippen MR) is 59.7 cm³/mol. The second-order valence-electron chi connectivity index (χ2n) is 4.15. The minimum atomic E-state index is -0.0259. The number of carbonyl (C=O) groups is 1. The Morgan fingerprint density at radius 2 is 2.50 bits per heavy atom. The first-order valence-electron chi connectivity index (χ1n) is 5.59. The second kappa shape index (κ2) is 6.46. The zero-order chi connectivity index (χ0) is 12.0. The highest BCUT2D eigenvalue weighted by molar-refractivity contribution is 5.76. The zero-order valence-corrected chi connectivity index (χ0v) is 9.90. The van der Waals surface area contributed by atoms with Crippen molar-refractivity contribution in [3.05, 3.63) is 0 Å². The maximum atomic E-state index is 11.8. The maximum Gasteiger partial charge on any atom is 0.224 e. The number of ether oxygens (including phenoxy) is 1. The van der Waals surface area contributed by atoms with Crippen LogP contribution >= 0.6 is 0 Å². The summed E-state index contributed by atoms with van der Waals surface area (Å²) in [5.74, 6) is 0.0609. The quantitative estimate of drug-likeness (QED) is 0.738. The summed E-state index contributed by atoms with van der Waals surface area (Å²) in [6.07, 6.45) is 0.809. The van der Waals surface area contributed by atoms with E-state index in [2.05, 4.69) is 11.4 Å². The minimum absolute atomic E-state index is 0.0259. The van der Waals surface area contributed by atoms with Crippen molar-refractivity contribution in [3.8, 4) is 6.07 Å². The molecule has 1 fully saturated rings. The Morgan fingerprint density at radius 1 is 1.75 bits per heavy atom. The van der Waals surface area contributed by atoms with Crippen molar-refractivity contribution >= 4 is 5.91 Å². The van der Waals surface area contributed by atoms with Crippen LogP contribution in [0.15, 0.2) is 0 Å². The van der Waals surface area contributed by atoms with Gasteiger partial charge in [-0.05, 0) is 6.92 Å². The molecular formula is C11H19N3O2. The van der Waals surface area contributed by atoms with Crippen molar-refractivity contribution < 1.29 is 9.53 Å². The lowest BCUT2D eigenvalue weighted by atomic mass is 10.1. The summed E-state index contributed by atoms with van der Waals surface area (Å²) in [5.41, 5.74) is 0. The Balaban J connectivity index is 2.35. The summed E-state index contributed by atoms with van der Waals surface area (Å²) in [7, 11) is 1.74. The normalized spacial score (nSPS) is 22.2. The number of amides is 1. The highest BCUT2D eigenvalue weighted by Gasteiger charge is 2.21. The van der Waals surface area contributed by atoms with Crippen LogP contribution in [-0.2, 0) is 9.53 Å². The van der Waals surface area contributed by atoms with Crippen molar-refractivity contribution in [1.29, 1.82) is 5.26 Å². The van der Waals surface area contributed by atoms with Gasteiger partial charge in [-0.25, -0.2) is 0 Å². The molecule has 1 aliphatic heterocycles. The Kier molecular flexibility index (Phi) is 5.23. The molecule has 0 aromatic carbocycles. The Bertz CT molecular complexity index is 269. The lowest BCUT2D eigenvalue weighted by Crippen LogP contribution is -2.45. The fourth-order valence-corrected chi connectivity index (χ4v) is 1.62. The van der Waals surface area contributed by atoms with Crippen LogP contribution in [0, 0.1) is 11.3 Å². The molecular weight excluding hydrogens is 206 g/mol. The van der Waals surface area contributed by atoms with Crippen molar-refractivity contribution in [2.45, 2.75) is 31.8 Å². The van der Waals surface area contributed by atoms with Crippen LogP contribution in [0.4, 0.5) is 0 Å².